The molecule has 0 bridgehead atoms. The zero-order valence-corrected chi connectivity index (χ0v) is 11.5. The van der Waals surface area contributed by atoms with Crippen molar-refractivity contribution in [3.05, 3.63) is 65.2 Å². The third-order valence-corrected chi connectivity index (χ3v) is 3.20. The van der Waals surface area contributed by atoms with Crippen LogP contribution in [0, 0.1) is 12.7 Å². The van der Waals surface area contributed by atoms with E-state index in [1.165, 1.54) is 18.2 Å². The van der Waals surface area contributed by atoms with Crippen LogP contribution in [0.5, 0.6) is 0 Å². The van der Waals surface area contributed by atoms with Crippen LogP contribution in [0.4, 0.5) is 4.39 Å². The number of hydrogen-bond acceptors (Lipinski definition) is 2. The second kappa shape index (κ2) is 5.36. The summed E-state index contributed by atoms with van der Waals surface area (Å²) in [5.74, 6) is 0.137. The van der Waals surface area contributed by atoms with Gasteiger partial charge in [-0.25, -0.2) is 9.37 Å². The number of rotatable bonds is 3. The first kappa shape index (κ1) is 13.3. The molecule has 4 nitrogen and oxygen atoms in total. The number of aryl methyl sites for hydroxylation is 1. The van der Waals surface area contributed by atoms with Crippen molar-refractivity contribution in [3.8, 4) is 0 Å². The number of amides is 1. The molecule has 0 radical (unpaired) electrons. The first-order valence-corrected chi connectivity index (χ1v) is 6.61. The average molecular weight is 283 g/mol. The Morgan fingerprint density at radius 1 is 1.29 bits per heavy atom. The summed E-state index contributed by atoms with van der Waals surface area (Å²) in [4.78, 5) is 19.4. The fourth-order valence-electron chi connectivity index (χ4n) is 2.21. The molecule has 1 amide bonds. The molecule has 0 fully saturated rings. The quantitative estimate of drug-likeness (QED) is 0.776. The summed E-state index contributed by atoms with van der Waals surface area (Å²) in [7, 11) is 0. The molecule has 106 valence electrons. The van der Waals surface area contributed by atoms with Crippen LogP contribution in [0.2, 0.25) is 0 Å². The summed E-state index contributed by atoms with van der Waals surface area (Å²) < 4.78 is 13.1. The van der Waals surface area contributed by atoms with Gasteiger partial charge >= 0.3 is 0 Å². The van der Waals surface area contributed by atoms with Gasteiger partial charge in [-0.3, -0.25) is 4.79 Å². The Balaban J connectivity index is 1.72. The van der Waals surface area contributed by atoms with Gasteiger partial charge in [-0.15, -0.1) is 0 Å². The van der Waals surface area contributed by atoms with Crippen LogP contribution < -0.4 is 5.32 Å². The smallest absolute Gasteiger partial charge is 0.251 e. The maximum Gasteiger partial charge on any atom is 0.251 e. The number of aromatic nitrogens is 2. The number of carbonyl (C=O) groups excluding carboxylic acids is 1. The van der Waals surface area contributed by atoms with Crippen LogP contribution in [0.25, 0.3) is 11.0 Å². The monoisotopic (exact) mass is 283 g/mol. The van der Waals surface area contributed by atoms with Gasteiger partial charge in [0.1, 0.15) is 11.6 Å². The normalized spacial score (nSPS) is 10.8. The molecule has 1 heterocycles. The molecule has 0 saturated heterocycles. The Hall–Kier alpha value is -2.69. The highest BCUT2D eigenvalue weighted by Gasteiger charge is 2.07. The van der Waals surface area contributed by atoms with Crippen molar-refractivity contribution in [3.63, 3.8) is 0 Å². The van der Waals surface area contributed by atoms with Crippen LogP contribution in [0.1, 0.15) is 21.7 Å². The zero-order chi connectivity index (χ0) is 14.8. The Morgan fingerprint density at radius 2 is 2.14 bits per heavy atom. The number of benzene rings is 2. The van der Waals surface area contributed by atoms with Gasteiger partial charge in [0.15, 0.2) is 0 Å². The highest BCUT2D eigenvalue weighted by Crippen LogP contribution is 2.13. The van der Waals surface area contributed by atoms with Crippen LogP contribution in [-0.4, -0.2) is 15.9 Å². The second-order valence-electron chi connectivity index (χ2n) is 4.87. The van der Waals surface area contributed by atoms with Gasteiger partial charge in [-0.05, 0) is 42.8 Å². The van der Waals surface area contributed by atoms with Gasteiger partial charge in [0, 0.05) is 12.1 Å². The summed E-state index contributed by atoms with van der Waals surface area (Å²) >= 11 is 0. The van der Waals surface area contributed by atoms with E-state index in [0.717, 1.165) is 22.4 Å². The van der Waals surface area contributed by atoms with Crippen molar-refractivity contribution in [2.24, 2.45) is 0 Å². The summed E-state index contributed by atoms with van der Waals surface area (Å²) in [5, 5.41) is 2.77. The van der Waals surface area contributed by atoms with E-state index in [2.05, 4.69) is 15.3 Å². The molecule has 0 unspecified atom stereocenters. The standard InChI is InChI=1S/C16H14FN3O/c1-10-19-14-6-5-11(7-15(14)20-10)9-18-16(21)12-3-2-4-13(17)8-12/h2-8H,9H2,1H3,(H,18,21)(H,19,20). The van der Waals surface area contributed by atoms with Gasteiger partial charge in [0.05, 0.1) is 11.0 Å². The van der Waals surface area contributed by atoms with Crippen LogP contribution in [-0.2, 0) is 6.54 Å². The van der Waals surface area contributed by atoms with E-state index in [9.17, 15) is 9.18 Å². The minimum atomic E-state index is -0.419. The molecule has 2 N–H and O–H groups in total. The predicted molar refractivity (Wildman–Crippen MR) is 78.4 cm³/mol. The topological polar surface area (TPSA) is 57.8 Å². The molecular weight excluding hydrogens is 269 g/mol. The number of hydrogen-bond donors (Lipinski definition) is 2. The lowest BCUT2D eigenvalue weighted by Crippen LogP contribution is -2.22. The lowest BCUT2D eigenvalue weighted by atomic mass is 10.1. The van der Waals surface area contributed by atoms with Gasteiger partial charge in [0.25, 0.3) is 5.91 Å². The number of nitrogens with one attached hydrogen (secondary N) is 2. The Kier molecular flexibility index (Phi) is 3.39. The number of fused-ring (bicyclic) bond motifs is 1. The van der Waals surface area contributed by atoms with E-state index < -0.39 is 5.82 Å². The van der Waals surface area contributed by atoms with Crippen LogP contribution in [0.15, 0.2) is 42.5 Å². The van der Waals surface area contributed by atoms with E-state index in [1.54, 1.807) is 6.07 Å². The van der Waals surface area contributed by atoms with Crippen molar-refractivity contribution in [1.29, 1.82) is 0 Å². The number of nitrogens with zero attached hydrogens (tertiary/aromatic N) is 1. The van der Waals surface area contributed by atoms with Crippen LogP contribution >= 0.6 is 0 Å². The number of imidazole rings is 1. The molecule has 0 aliphatic heterocycles. The molecule has 21 heavy (non-hydrogen) atoms. The highest BCUT2D eigenvalue weighted by molar-refractivity contribution is 5.94. The maximum absolute atomic E-state index is 13.1. The minimum absolute atomic E-state index is 0.296. The molecule has 3 rings (SSSR count). The summed E-state index contributed by atoms with van der Waals surface area (Å²) in [6.07, 6.45) is 0. The van der Waals surface area contributed by atoms with E-state index in [1.807, 2.05) is 25.1 Å². The Morgan fingerprint density at radius 3 is 2.95 bits per heavy atom. The number of aromatic amines is 1. The molecule has 0 atom stereocenters. The van der Waals surface area contributed by atoms with Gasteiger partial charge in [-0.2, -0.15) is 0 Å². The highest BCUT2D eigenvalue weighted by atomic mass is 19.1. The lowest BCUT2D eigenvalue weighted by Gasteiger charge is -2.05. The van der Waals surface area contributed by atoms with Crippen molar-refractivity contribution in [1.82, 2.24) is 15.3 Å². The predicted octanol–water partition coefficient (Wildman–Crippen LogP) is 2.94. The molecule has 5 heteroatoms. The maximum atomic E-state index is 13.1. The number of carbonyl (C=O) groups is 1. The van der Waals surface area contributed by atoms with Crippen LogP contribution in [0.3, 0.4) is 0 Å². The van der Waals surface area contributed by atoms with E-state index >= 15 is 0 Å². The molecule has 3 aromatic rings. The van der Waals surface area contributed by atoms with E-state index in [0.29, 0.717) is 12.1 Å². The molecule has 0 aliphatic rings. The van der Waals surface area contributed by atoms with Gasteiger partial charge < -0.3 is 10.3 Å². The molecule has 1 aromatic heterocycles. The molecular formula is C16H14FN3O. The zero-order valence-electron chi connectivity index (χ0n) is 11.5. The van der Waals surface area contributed by atoms with Crippen molar-refractivity contribution in [2.45, 2.75) is 13.5 Å². The molecule has 2 aromatic carbocycles. The van der Waals surface area contributed by atoms with Crippen molar-refractivity contribution < 1.29 is 9.18 Å². The third kappa shape index (κ3) is 2.91. The Labute approximate surface area is 121 Å². The fraction of sp³-hybridized carbons (Fsp3) is 0.125. The summed E-state index contributed by atoms with van der Waals surface area (Å²) in [5.41, 5.74) is 3.10. The molecule has 0 aliphatic carbocycles. The molecule has 0 spiro atoms. The summed E-state index contributed by atoms with van der Waals surface area (Å²) in [6.45, 7) is 2.27. The van der Waals surface area contributed by atoms with Crippen molar-refractivity contribution in [2.75, 3.05) is 0 Å². The van der Waals surface area contributed by atoms with Gasteiger partial charge in [-0.1, -0.05) is 12.1 Å². The van der Waals surface area contributed by atoms with E-state index in [-0.39, 0.29) is 5.91 Å². The number of halogens is 1. The molecule has 0 saturated carbocycles. The fourth-order valence-corrected chi connectivity index (χ4v) is 2.21. The average Bonchev–Trinajstić information content (AvgIpc) is 2.84. The lowest BCUT2D eigenvalue weighted by molar-refractivity contribution is 0.0950. The summed E-state index contributed by atoms with van der Waals surface area (Å²) in [6, 6.07) is 11.4. The third-order valence-electron chi connectivity index (χ3n) is 3.20. The Bertz CT molecular complexity index is 810. The SMILES string of the molecule is Cc1nc2ccc(CNC(=O)c3cccc(F)c3)cc2[nH]1. The first-order chi connectivity index (χ1) is 10.1. The van der Waals surface area contributed by atoms with Gasteiger partial charge in [0.2, 0.25) is 0 Å². The van der Waals surface area contributed by atoms with E-state index in [4.69, 9.17) is 0 Å². The van der Waals surface area contributed by atoms with Crippen molar-refractivity contribution >= 4 is 16.9 Å². The largest absolute Gasteiger partial charge is 0.348 e. The minimum Gasteiger partial charge on any atom is -0.348 e. The second-order valence-corrected chi connectivity index (χ2v) is 4.87. The first-order valence-electron chi connectivity index (χ1n) is 6.61. The number of H-pyrrole nitrogens is 1.